The largest absolute Gasteiger partial charge is 0.354 e. The van der Waals surface area contributed by atoms with Crippen LogP contribution in [-0.2, 0) is 9.59 Å². The van der Waals surface area contributed by atoms with Gasteiger partial charge in [0.05, 0.1) is 19.0 Å². The van der Waals surface area contributed by atoms with Gasteiger partial charge in [-0.25, -0.2) is 0 Å². The summed E-state index contributed by atoms with van der Waals surface area (Å²) in [5, 5.41) is 15.4. The Morgan fingerprint density at radius 1 is 1.07 bits per heavy atom. The van der Waals surface area contributed by atoms with E-state index in [2.05, 4.69) is 45.1 Å². The van der Waals surface area contributed by atoms with Crippen molar-refractivity contribution in [2.24, 2.45) is 0 Å². The normalized spacial score (nSPS) is 14.6. The number of hydrogen-bond acceptors (Lipinski definition) is 6. The average molecular weight is 407 g/mol. The third-order valence-corrected chi connectivity index (χ3v) is 5.59. The van der Waals surface area contributed by atoms with Gasteiger partial charge in [0.15, 0.2) is 0 Å². The first-order valence-corrected chi connectivity index (χ1v) is 10.2. The number of benzene rings is 2. The lowest BCUT2D eigenvalue weighted by atomic mass is 9.92. The Bertz CT molecular complexity index is 938. The highest BCUT2D eigenvalue weighted by Gasteiger charge is 2.23. The number of carbonyl (C=O) groups is 2. The smallest absolute Gasteiger partial charge is 0.240 e. The number of hydrogen-bond donors (Lipinski definition) is 2. The lowest BCUT2D eigenvalue weighted by Gasteiger charge is -2.25. The van der Waals surface area contributed by atoms with Gasteiger partial charge >= 0.3 is 0 Å². The highest BCUT2D eigenvalue weighted by Crippen LogP contribution is 2.34. The molecule has 3 aromatic rings. The van der Waals surface area contributed by atoms with E-state index in [1.807, 2.05) is 41.3 Å². The molecule has 0 bridgehead atoms. The summed E-state index contributed by atoms with van der Waals surface area (Å²) in [6, 6.07) is 20.3. The van der Waals surface area contributed by atoms with E-state index in [0.717, 1.165) is 16.1 Å². The van der Waals surface area contributed by atoms with Gasteiger partial charge in [0.2, 0.25) is 16.9 Å². The van der Waals surface area contributed by atoms with Gasteiger partial charge in [-0.05, 0) is 11.1 Å². The van der Waals surface area contributed by atoms with Crippen molar-refractivity contribution in [3.8, 4) is 0 Å². The summed E-state index contributed by atoms with van der Waals surface area (Å²) in [5.41, 5.74) is 2.24. The minimum Gasteiger partial charge on any atom is -0.354 e. The van der Waals surface area contributed by atoms with E-state index in [4.69, 9.17) is 0 Å². The topological polar surface area (TPSA) is 87.2 Å². The number of rotatable bonds is 6. The molecule has 1 saturated heterocycles. The van der Waals surface area contributed by atoms with Crippen LogP contribution in [0.2, 0.25) is 0 Å². The fourth-order valence-electron chi connectivity index (χ4n) is 3.36. The molecule has 0 spiro atoms. The van der Waals surface area contributed by atoms with Crippen LogP contribution in [0.3, 0.4) is 0 Å². The van der Waals surface area contributed by atoms with Crippen LogP contribution in [0.25, 0.3) is 0 Å². The molecule has 1 aromatic heterocycles. The minimum absolute atomic E-state index is 0.0497. The molecule has 2 heterocycles. The Morgan fingerprint density at radius 2 is 1.72 bits per heavy atom. The summed E-state index contributed by atoms with van der Waals surface area (Å²) in [4.78, 5) is 25.6. The predicted octanol–water partition coefficient (Wildman–Crippen LogP) is 2.09. The lowest BCUT2D eigenvalue weighted by molar-refractivity contribution is -0.125. The van der Waals surface area contributed by atoms with E-state index in [1.54, 1.807) is 0 Å². The van der Waals surface area contributed by atoms with Gasteiger partial charge in [0, 0.05) is 13.1 Å². The van der Waals surface area contributed by atoms with Crippen molar-refractivity contribution in [3.63, 3.8) is 0 Å². The van der Waals surface area contributed by atoms with Gasteiger partial charge < -0.3 is 5.32 Å². The first-order chi connectivity index (χ1) is 14.2. The van der Waals surface area contributed by atoms with Gasteiger partial charge in [-0.3, -0.25) is 19.8 Å². The van der Waals surface area contributed by atoms with Crippen LogP contribution in [0.1, 0.15) is 22.1 Å². The monoisotopic (exact) mass is 407 g/mol. The van der Waals surface area contributed by atoms with Gasteiger partial charge in [0.1, 0.15) is 5.01 Å². The second-order valence-electron chi connectivity index (χ2n) is 6.81. The fraction of sp³-hybridized carbons (Fsp3) is 0.238. The highest BCUT2D eigenvalue weighted by molar-refractivity contribution is 7.15. The lowest BCUT2D eigenvalue weighted by Crippen LogP contribution is -2.49. The molecule has 7 nitrogen and oxygen atoms in total. The number of amides is 2. The predicted molar refractivity (Wildman–Crippen MR) is 112 cm³/mol. The van der Waals surface area contributed by atoms with E-state index in [0.29, 0.717) is 18.2 Å². The van der Waals surface area contributed by atoms with Crippen molar-refractivity contribution in [2.45, 2.75) is 5.92 Å². The molecule has 1 aliphatic heterocycles. The number of carbonyl (C=O) groups excluding carboxylic acids is 2. The van der Waals surface area contributed by atoms with Crippen LogP contribution in [0.15, 0.2) is 60.7 Å². The van der Waals surface area contributed by atoms with Crippen LogP contribution in [0.5, 0.6) is 0 Å². The maximum Gasteiger partial charge on any atom is 0.240 e. The van der Waals surface area contributed by atoms with E-state index in [1.165, 1.54) is 11.3 Å². The fourth-order valence-corrected chi connectivity index (χ4v) is 4.27. The Balaban J connectivity index is 1.50. The summed E-state index contributed by atoms with van der Waals surface area (Å²) >= 11 is 1.37. The number of piperazine rings is 1. The van der Waals surface area contributed by atoms with Crippen molar-refractivity contribution in [2.75, 3.05) is 31.5 Å². The highest BCUT2D eigenvalue weighted by atomic mass is 32.1. The second-order valence-corrected chi connectivity index (χ2v) is 7.82. The number of nitrogens with zero attached hydrogens (tertiary/aromatic N) is 3. The summed E-state index contributed by atoms with van der Waals surface area (Å²) in [5.74, 6) is -0.305. The number of anilines is 1. The van der Waals surface area contributed by atoms with Crippen molar-refractivity contribution >= 4 is 28.3 Å². The Labute approximate surface area is 172 Å². The summed E-state index contributed by atoms with van der Waals surface area (Å²) in [7, 11) is 0. The first kappa shape index (κ1) is 19.2. The molecule has 0 radical (unpaired) electrons. The van der Waals surface area contributed by atoms with Gasteiger partial charge in [0.25, 0.3) is 0 Å². The molecular weight excluding hydrogens is 386 g/mol. The number of aromatic nitrogens is 2. The van der Waals surface area contributed by atoms with Crippen LogP contribution < -0.4 is 10.6 Å². The Hall–Kier alpha value is -3.10. The molecule has 2 N–H and O–H groups in total. The van der Waals surface area contributed by atoms with Crippen LogP contribution in [0.4, 0.5) is 5.13 Å². The number of nitrogens with one attached hydrogen (secondary N) is 2. The van der Waals surface area contributed by atoms with E-state index in [9.17, 15) is 9.59 Å². The third-order valence-electron chi connectivity index (χ3n) is 4.68. The van der Waals surface area contributed by atoms with Crippen LogP contribution in [-0.4, -0.2) is 53.1 Å². The molecule has 2 amide bonds. The standard InChI is InChI=1S/C21H21N5O2S/c27-17-13-26(12-11-22-17)14-18(28)23-21-25-24-20(29-21)19(15-7-3-1-4-8-15)16-9-5-2-6-10-16/h1-10,19H,11-14H2,(H,22,27)(H,23,25,28). The maximum atomic E-state index is 12.4. The van der Waals surface area contributed by atoms with Gasteiger partial charge in [-0.1, -0.05) is 72.0 Å². The summed E-state index contributed by atoms with van der Waals surface area (Å²) in [6.07, 6.45) is 0. The molecule has 0 unspecified atom stereocenters. The molecule has 29 heavy (non-hydrogen) atoms. The van der Waals surface area contributed by atoms with Gasteiger partial charge in [-0.2, -0.15) is 0 Å². The van der Waals surface area contributed by atoms with Crippen molar-refractivity contribution < 1.29 is 9.59 Å². The van der Waals surface area contributed by atoms with E-state index < -0.39 is 0 Å². The van der Waals surface area contributed by atoms with Gasteiger partial charge in [-0.15, -0.1) is 10.2 Å². The van der Waals surface area contributed by atoms with Crippen molar-refractivity contribution in [1.29, 1.82) is 0 Å². The van der Waals surface area contributed by atoms with E-state index in [-0.39, 0.29) is 30.8 Å². The molecule has 1 fully saturated rings. The molecule has 0 saturated carbocycles. The average Bonchev–Trinajstić information content (AvgIpc) is 3.17. The zero-order valence-corrected chi connectivity index (χ0v) is 16.6. The molecule has 0 atom stereocenters. The minimum atomic E-state index is -0.196. The Kier molecular flexibility index (Phi) is 5.92. The molecule has 8 heteroatoms. The van der Waals surface area contributed by atoms with E-state index >= 15 is 0 Å². The maximum absolute atomic E-state index is 12.4. The SMILES string of the molecule is O=C1CN(CC(=O)Nc2nnc(C(c3ccccc3)c3ccccc3)s2)CCN1. The molecule has 4 rings (SSSR count). The molecule has 1 aliphatic rings. The molecule has 2 aromatic carbocycles. The molecular formula is C21H21N5O2S. The third kappa shape index (κ3) is 4.85. The zero-order valence-electron chi connectivity index (χ0n) is 15.7. The summed E-state index contributed by atoms with van der Waals surface area (Å²) < 4.78 is 0. The summed E-state index contributed by atoms with van der Waals surface area (Å²) in [6.45, 7) is 1.61. The zero-order chi connectivity index (χ0) is 20.1. The van der Waals surface area contributed by atoms with Crippen LogP contribution >= 0.6 is 11.3 Å². The second kappa shape index (κ2) is 8.93. The van der Waals surface area contributed by atoms with Crippen molar-refractivity contribution in [1.82, 2.24) is 20.4 Å². The Morgan fingerprint density at radius 3 is 2.34 bits per heavy atom. The first-order valence-electron chi connectivity index (χ1n) is 9.41. The van der Waals surface area contributed by atoms with Crippen LogP contribution in [0, 0.1) is 0 Å². The molecule has 148 valence electrons. The van der Waals surface area contributed by atoms with Crippen molar-refractivity contribution in [3.05, 3.63) is 76.8 Å². The molecule has 0 aliphatic carbocycles. The quantitative estimate of drug-likeness (QED) is 0.653.